The molecule has 21 heavy (non-hydrogen) atoms. The fourth-order valence-corrected chi connectivity index (χ4v) is 2.30. The van der Waals surface area contributed by atoms with Crippen LogP contribution in [-0.4, -0.2) is 22.1 Å². The lowest BCUT2D eigenvalue weighted by Crippen LogP contribution is -2.27. The maximum Gasteiger partial charge on any atom is 0.271 e. The standard InChI is InChI=1S/C15H16FN3O2/c1-10(11-2-4-12(16)5-3-11)17-15(20)13-8-19-6-7-21-9-14(19)18-13/h2-5,8,10H,6-7,9H2,1H3,(H,17,20). The molecule has 1 aliphatic rings. The van der Waals surface area contributed by atoms with Gasteiger partial charge in [-0.2, -0.15) is 0 Å². The monoisotopic (exact) mass is 289 g/mol. The molecule has 0 fully saturated rings. The normalized spacial score (nSPS) is 15.3. The van der Waals surface area contributed by atoms with E-state index in [9.17, 15) is 9.18 Å². The van der Waals surface area contributed by atoms with E-state index in [-0.39, 0.29) is 17.8 Å². The van der Waals surface area contributed by atoms with Gasteiger partial charge in [0.05, 0.1) is 12.6 Å². The Bertz CT molecular complexity index is 628. The van der Waals surface area contributed by atoms with E-state index in [1.54, 1.807) is 18.3 Å². The van der Waals surface area contributed by atoms with Crippen molar-refractivity contribution in [3.63, 3.8) is 0 Å². The Morgan fingerprint density at radius 3 is 2.90 bits per heavy atom. The second-order valence-electron chi connectivity index (χ2n) is 5.04. The fraction of sp³-hybridized carbons (Fsp3) is 0.333. The van der Waals surface area contributed by atoms with Crippen molar-refractivity contribution in [1.29, 1.82) is 0 Å². The fourth-order valence-electron chi connectivity index (χ4n) is 2.30. The zero-order valence-electron chi connectivity index (χ0n) is 11.7. The van der Waals surface area contributed by atoms with E-state index in [1.807, 2.05) is 11.5 Å². The van der Waals surface area contributed by atoms with Crippen LogP contribution in [0.25, 0.3) is 0 Å². The molecule has 1 amide bonds. The Morgan fingerprint density at radius 2 is 2.19 bits per heavy atom. The zero-order chi connectivity index (χ0) is 14.8. The summed E-state index contributed by atoms with van der Waals surface area (Å²) in [6, 6.07) is 5.86. The van der Waals surface area contributed by atoms with Crippen molar-refractivity contribution in [1.82, 2.24) is 14.9 Å². The Morgan fingerprint density at radius 1 is 1.43 bits per heavy atom. The molecule has 1 aromatic carbocycles. The summed E-state index contributed by atoms with van der Waals surface area (Å²) in [6.07, 6.45) is 1.74. The van der Waals surface area contributed by atoms with Crippen molar-refractivity contribution in [2.75, 3.05) is 6.61 Å². The maximum absolute atomic E-state index is 12.9. The summed E-state index contributed by atoms with van der Waals surface area (Å²) in [5.74, 6) is 0.230. The molecule has 0 radical (unpaired) electrons. The van der Waals surface area contributed by atoms with Gasteiger partial charge in [-0.15, -0.1) is 0 Å². The first-order valence-electron chi connectivity index (χ1n) is 6.83. The number of benzene rings is 1. The number of hydrogen-bond acceptors (Lipinski definition) is 3. The molecule has 2 heterocycles. The quantitative estimate of drug-likeness (QED) is 0.940. The summed E-state index contributed by atoms with van der Waals surface area (Å²) >= 11 is 0. The third kappa shape index (κ3) is 2.95. The molecular weight excluding hydrogens is 273 g/mol. The number of rotatable bonds is 3. The van der Waals surface area contributed by atoms with Crippen LogP contribution >= 0.6 is 0 Å². The van der Waals surface area contributed by atoms with Gasteiger partial charge in [0, 0.05) is 12.7 Å². The Hall–Kier alpha value is -2.21. The Balaban J connectivity index is 1.70. The lowest BCUT2D eigenvalue weighted by atomic mass is 10.1. The van der Waals surface area contributed by atoms with Gasteiger partial charge in [0.15, 0.2) is 0 Å². The molecular formula is C15H16FN3O2. The van der Waals surface area contributed by atoms with Crippen molar-refractivity contribution < 1.29 is 13.9 Å². The third-order valence-corrected chi connectivity index (χ3v) is 3.52. The van der Waals surface area contributed by atoms with Gasteiger partial charge >= 0.3 is 0 Å². The van der Waals surface area contributed by atoms with Crippen molar-refractivity contribution in [3.05, 3.63) is 53.4 Å². The number of aromatic nitrogens is 2. The highest BCUT2D eigenvalue weighted by Gasteiger charge is 2.18. The van der Waals surface area contributed by atoms with Crippen LogP contribution in [0.2, 0.25) is 0 Å². The number of hydrogen-bond donors (Lipinski definition) is 1. The molecule has 0 saturated heterocycles. The summed E-state index contributed by atoms with van der Waals surface area (Å²) < 4.78 is 20.1. The molecule has 5 nitrogen and oxygen atoms in total. The number of carbonyl (C=O) groups is 1. The molecule has 3 rings (SSSR count). The molecule has 6 heteroatoms. The van der Waals surface area contributed by atoms with Gasteiger partial charge in [0.1, 0.15) is 23.9 Å². The highest BCUT2D eigenvalue weighted by molar-refractivity contribution is 5.92. The Kier molecular flexibility index (Phi) is 3.70. The minimum absolute atomic E-state index is 0.215. The largest absolute Gasteiger partial charge is 0.372 e. The summed E-state index contributed by atoms with van der Waals surface area (Å²) in [7, 11) is 0. The predicted octanol–water partition coefficient (Wildman–Crippen LogP) is 2.04. The van der Waals surface area contributed by atoms with E-state index in [1.165, 1.54) is 12.1 Å². The van der Waals surface area contributed by atoms with Crippen LogP contribution in [0, 0.1) is 5.82 Å². The summed E-state index contributed by atoms with van der Waals surface area (Å²) in [6.45, 7) is 3.63. The smallest absolute Gasteiger partial charge is 0.271 e. The summed E-state index contributed by atoms with van der Waals surface area (Å²) in [5.41, 5.74) is 1.22. The number of nitrogens with one attached hydrogen (secondary N) is 1. The van der Waals surface area contributed by atoms with Gasteiger partial charge in [0.2, 0.25) is 0 Å². The second-order valence-corrected chi connectivity index (χ2v) is 5.04. The van der Waals surface area contributed by atoms with E-state index in [0.717, 1.165) is 11.4 Å². The molecule has 0 aliphatic carbocycles. The molecule has 1 atom stereocenters. The minimum Gasteiger partial charge on any atom is -0.372 e. The van der Waals surface area contributed by atoms with Crippen molar-refractivity contribution in [3.8, 4) is 0 Å². The molecule has 0 spiro atoms. The summed E-state index contributed by atoms with van der Waals surface area (Å²) in [4.78, 5) is 16.5. The molecule has 1 unspecified atom stereocenters. The predicted molar refractivity (Wildman–Crippen MR) is 74.2 cm³/mol. The SMILES string of the molecule is CC(NC(=O)c1cn2c(n1)COCC2)c1ccc(F)cc1. The second kappa shape index (κ2) is 5.65. The van der Waals surface area contributed by atoms with E-state index >= 15 is 0 Å². The minimum atomic E-state index is -0.293. The highest BCUT2D eigenvalue weighted by Crippen LogP contribution is 2.15. The first kappa shape index (κ1) is 13.8. The molecule has 110 valence electrons. The number of ether oxygens (including phenoxy) is 1. The first-order valence-corrected chi connectivity index (χ1v) is 6.83. The van der Waals surface area contributed by atoms with Gasteiger partial charge in [-0.3, -0.25) is 4.79 Å². The van der Waals surface area contributed by atoms with Crippen LogP contribution in [-0.2, 0) is 17.9 Å². The topological polar surface area (TPSA) is 56.2 Å². The molecule has 1 N–H and O–H groups in total. The molecule has 1 aliphatic heterocycles. The molecule has 2 aromatic rings. The van der Waals surface area contributed by atoms with Crippen LogP contribution in [0.4, 0.5) is 4.39 Å². The van der Waals surface area contributed by atoms with Gasteiger partial charge in [-0.1, -0.05) is 12.1 Å². The van der Waals surface area contributed by atoms with Crippen LogP contribution in [0.1, 0.15) is 34.8 Å². The maximum atomic E-state index is 12.9. The Labute approximate surface area is 121 Å². The van der Waals surface area contributed by atoms with Crippen LogP contribution < -0.4 is 5.32 Å². The molecule has 0 bridgehead atoms. The van der Waals surface area contributed by atoms with E-state index < -0.39 is 0 Å². The van der Waals surface area contributed by atoms with Crippen LogP contribution in [0.15, 0.2) is 30.5 Å². The number of carbonyl (C=O) groups excluding carboxylic acids is 1. The number of fused-ring (bicyclic) bond motifs is 1. The lowest BCUT2D eigenvalue weighted by molar-refractivity contribution is 0.0815. The van der Waals surface area contributed by atoms with E-state index in [2.05, 4.69) is 10.3 Å². The number of nitrogens with zero attached hydrogens (tertiary/aromatic N) is 2. The van der Waals surface area contributed by atoms with Crippen molar-refractivity contribution >= 4 is 5.91 Å². The molecule has 0 saturated carbocycles. The molecule has 1 aromatic heterocycles. The van der Waals surface area contributed by atoms with Crippen molar-refractivity contribution in [2.45, 2.75) is 26.1 Å². The van der Waals surface area contributed by atoms with Crippen molar-refractivity contribution in [2.24, 2.45) is 0 Å². The van der Waals surface area contributed by atoms with Gasteiger partial charge in [0.25, 0.3) is 5.91 Å². The highest BCUT2D eigenvalue weighted by atomic mass is 19.1. The van der Waals surface area contributed by atoms with E-state index in [4.69, 9.17) is 4.74 Å². The van der Waals surface area contributed by atoms with Crippen LogP contribution in [0.5, 0.6) is 0 Å². The number of halogens is 1. The summed E-state index contributed by atoms with van der Waals surface area (Å²) in [5, 5.41) is 2.86. The average Bonchev–Trinajstić information content (AvgIpc) is 2.92. The van der Waals surface area contributed by atoms with E-state index in [0.29, 0.717) is 25.5 Å². The van der Waals surface area contributed by atoms with Gasteiger partial charge in [-0.25, -0.2) is 9.37 Å². The number of amides is 1. The lowest BCUT2D eigenvalue weighted by Gasteiger charge is -2.13. The number of imidazole rings is 1. The third-order valence-electron chi connectivity index (χ3n) is 3.52. The van der Waals surface area contributed by atoms with Gasteiger partial charge < -0.3 is 14.6 Å². The average molecular weight is 289 g/mol. The van der Waals surface area contributed by atoms with Crippen LogP contribution in [0.3, 0.4) is 0 Å². The van der Waals surface area contributed by atoms with Gasteiger partial charge in [-0.05, 0) is 24.6 Å². The zero-order valence-corrected chi connectivity index (χ0v) is 11.7. The first-order chi connectivity index (χ1) is 10.1.